The zero-order chi connectivity index (χ0) is 59.7. The molecule has 3 amide bonds. The number of sulfonamides is 1. The van der Waals surface area contributed by atoms with Crippen molar-refractivity contribution in [2.75, 3.05) is 97.6 Å². The van der Waals surface area contributed by atoms with Crippen LogP contribution in [0.5, 0.6) is 28.7 Å². The number of ether oxygens (including phenoxy) is 9. The molecule has 0 bridgehead atoms. The Hall–Kier alpha value is -7.75. The molecule has 0 unspecified atom stereocenters. The highest BCUT2D eigenvalue weighted by Crippen LogP contribution is 2.53. The fourth-order valence-corrected chi connectivity index (χ4v) is 12.1. The van der Waals surface area contributed by atoms with E-state index < -0.39 is 58.9 Å². The largest absolute Gasteiger partial charge is 0.586 e. The number of alkyl halides is 4. The number of carboxylic acids is 1. The van der Waals surface area contributed by atoms with E-state index in [9.17, 15) is 45.2 Å². The van der Waals surface area contributed by atoms with Crippen molar-refractivity contribution in [1.29, 1.82) is 0 Å². The molecule has 5 aromatic rings. The molecule has 4 aliphatic heterocycles. The second-order valence-electron chi connectivity index (χ2n) is 20.7. The van der Waals surface area contributed by atoms with Crippen LogP contribution in [0.2, 0.25) is 0 Å². The normalized spacial score (nSPS) is 18.6. The molecule has 1 aliphatic carbocycles. The molecule has 4 N–H and O–H groups in total. The molecule has 454 valence electrons. The Balaban J connectivity index is 0.562. The van der Waals surface area contributed by atoms with Gasteiger partial charge in [0, 0.05) is 48.9 Å². The molecular weight excluding hydrogens is 1140 g/mol. The smallest absolute Gasteiger partial charge is 0.491 e. The first-order valence-corrected chi connectivity index (χ1v) is 29.2. The van der Waals surface area contributed by atoms with Gasteiger partial charge in [0.15, 0.2) is 11.5 Å². The highest BCUT2D eigenvalue weighted by atomic mass is 32.2. The highest BCUT2D eigenvalue weighted by Gasteiger charge is 2.53. The Morgan fingerprint density at radius 2 is 1.39 bits per heavy atom. The minimum absolute atomic E-state index is 0.0381. The van der Waals surface area contributed by atoms with E-state index in [0.29, 0.717) is 125 Å². The lowest BCUT2D eigenvalue weighted by molar-refractivity contribution is -0.286. The number of hydrogen-bond donors (Lipinski definition) is 4. The number of nitrogens with one attached hydrogen (secondary N) is 3. The summed E-state index contributed by atoms with van der Waals surface area (Å²) in [6.07, 6.45) is -2.07. The van der Waals surface area contributed by atoms with Gasteiger partial charge in [-0.15, -0.1) is 8.78 Å². The van der Waals surface area contributed by atoms with Crippen molar-refractivity contribution in [1.82, 2.24) is 19.8 Å². The van der Waals surface area contributed by atoms with Crippen LogP contribution in [0.3, 0.4) is 0 Å². The van der Waals surface area contributed by atoms with E-state index in [1.54, 1.807) is 36.4 Å². The molecule has 21 nitrogen and oxygen atoms in total. The van der Waals surface area contributed by atoms with Gasteiger partial charge in [-0.3, -0.25) is 19.2 Å². The molecule has 0 spiro atoms. The van der Waals surface area contributed by atoms with Gasteiger partial charge in [-0.2, -0.15) is 13.1 Å². The van der Waals surface area contributed by atoms with E-state index in [1.807, 2.05) is 24.3 Å². The number of piperidine rings is 1. The van der Waals surface area contributed by atoms with Crippen molar-refractivity contribution in [2.24, 2.45) is 0 Å². The van der Waals surface area contributed by atoms with Crippen LogP contribution in [0, 0.1) is 0 Å². The number of carbonyl (C=O) groups is 4. The number of amides is 3. The van der Waals surface area contributed by atoms with Gasteiger partial charge in [0.05, 0.1) is 81.4 Å². The van der Waals surface area contributed by atoms with Gasteiger partial charge in [-0.1, -0.05) is 30.3 Å². The maximum atomic E-state index is 14.0. The molecule has 1 saturated carbocycles. The van der Waals surface area contributed by atoms with Crippen molar-refractivity contribution in [3.05, 3.63) is 137 Å². The standard InChI is InChI=1S/C59H63F4N5O16S/c60-57(61)81-43-10-12-45-48(66-56(73)58(17-18-58)41-7-14-49-52(31-41)84-59(62,63)83-49)34-50(82-51(45)32-43)39-1-3-40(4-2-39)54(71)64-19-22-76-23-24-77-25-26-78-27-28-79-29-30-80-42-8-5-37(6-9-42)38-15-20-68(21-16-38)85(74,75)44-11-13-46-47(33-44)65-36-67(55(46)72)35-53(69)70/h1-14,31-33,38,48,50,57,65H,15-30,34-36H2,(H,64,71)(H,66,73)(H,69,70)/t48-,50-/m1/s1. The van der Waals surface area contributed by atoms with Crippen LogP contribution >= 0.6 is 0 Å². The number of carbonyl (C=O) groups excluding carboxylic acids is 3. The van der Waals surface area contributed by atoms with E-state index in [2.05, 4.69) is 30.2 Å². The summed E-state index contributed by atoms with van der Waals surface area (Å²) in [7, 11) is -3.82. The zero-order valence-corrected chi connectivity index (χ0v) is 46.8. The maximum absolute atomic E-state index is 14.0. The third kappa shape index (κ3) is 14.8. The van der Waals surface area contributed by atoms with Gasteiger partial charge < -0.3 is 68.6 Å². The Labute approximate surface area is 486 Å². The monoisotopic (exact) mass is 1210 g/mol. The number of carboxylic acid groups (broad SMARTS) is 1. The summed E-state index contributed by atoms with van der Waals surface area (Å²) < 4.78 is 131. The predicted molar refractivity (Wildman–Crippen MR) is 294 cm³/mol. The van der Waals surface area contributed by atoms with Gasteiger partial charge in [0.25, 0.3) is 11.8 Å². The van der Waals surface area contributed by atoms with Crippen LogP contribution in [0.4, 0.5) is 23.2 Å². The quantitative estimate of drug-likeness (QED) is 0.0282. The number of nitrogens with zero attached hydrogens (tertiary/aromatic N) is 2. The van der Waals surface area contributed by atoms with Crippen LogP contribution < -0.4 is 39.6 Å². The summed E-state index contributed by atoms with van der Waals surface area (Å²) in [5.74, 6) is -1.69. The summed E-state index contributed by atoms with van der Waals surface area (Å²) in [6, 6.07) is 26.5. The van der Waals surface area contributed by atoms with Crippen molar-refractivity contribution >= 4 is 39.4 Å². The summed E-state index contributed by atoms with van der Waals surface area (Å²) >= 11 is 0. The molecule has 5 aliphatic rings. The van der Waals surface area contributed by atoms with Gasteiger partial charge >= 0.3 is 18.9 Å². The molecule has 4 heterocycles. The van der Waals surface area contributed by atoms with Crippen LogP contribution in [-0.4, -0.2) is 152 Å². The second kappa shape index (κ2) is 26.7. The van der Waals surface area contributed by atoms with Crippen LogP contribution in [0.1, 0.15) is 93.1 Å². The van der Waals surface area contributed by atoms with Crippen LogP contribution in [-0.2, 0) is 44.0 Å². The average molecular weight is 1210 g/mol. The van der Waals surface area contributed by atoms with Gasteiger partial charge in [-0.25, -0.2) is 8.42 Å². The van der Waals surface area contributed by atoms with Gasteiger partial charge in [-0.05, 0) is 115 Å². The van der Waals surface area contributed by atoms with Crippen molar-refractivity contribution in [2.45, 2.75) is 73.4 Å². The first-order valence-electron chi connectivity index (χ1n) is 27.7. The molecule has 10 rings (SSSR count). The Morgan fingerprint density at radius 3 is 2.06 bits per heavy atom. The lowest BCUT2D eigenvalue weighted by atomic mass is 9.90. The number of rotatable bonds is 28. The SMILES string of the molecule is O=C(O)CN1CNc2cc(S(=O)(=O)N3CCC(c4ccc(OCCOCCOCCOCCOCCNC(=O)c5ccc([C@H]6C[C@@H](NC(=O)C7(c8ccc9c(c8)OC(F)(F)O9)CC7)c7ccc(OC(F)F)cc7O6)cc5)cc4)CC3)ccc2C1=O. The summed E-state index contributed by atoms with van der Waals surface area (Å²) in [5.41, 5.74) is 2.69. The Bertz CT molecular complexity index is 3310. The zero-order valence-electron chi connectivity index (χ0n) is 45.9. The van der Waals surface area contributed by atoms with Crippen LogP contribution in [0.25, 0.3) is 0 Å². The lowest BCUT2D eigenvalue weighted by Gasteiger charge is -2.34. The molecule has 5 aromatic carbocycles. The molecular formula is C59H63F4N5O16S. The number of fused-ring (bicyclic) bond motifs is 3. The summed E-state index contributed by atoms with van der Waals surface area (Å²) in [5, 5.41) is 17.9. The van der Waals surface area contributed by atoms with E-state index >= 15 is 0 Å². The highest BCUT2D eigenvalue weighted by molar-refractivity contribution is 7.89. The first kappa shape index (κ1) is 60.4. The number of halogens is 4. The summed E-state index contributed by atoms with van der Waals surface area (Å²) in [6.45, 7) is 0.307. The predicted octanol–water partition coefficient (Wildman–Crippen LogP) is 7.38. The molecule has 0 radical (unpaired) electrons. The number of hydrogen-bond acceptors (Lipinski definition) is 16. The topological polar surface area (TPSA) is 248 Å². The molecule has 85 heavy (non-hydrogen) atoms. The Kier molecular flexibility index (Phi) is 18.9. The fourth-order valence-electron chi connectivity index (χ4n) is 10.6. The van der Waals surface area contributed by atoms with Crippen molar-refractivity contribution < 1.29 is 92.9 Å². The van der Waals surface area contributed by atoms with Gasteiger partial charge in [0.2, 0.25) is 15.9 Å². The molecule has 2 atom stereocenters. The third-order valence-corrected chi connectivity index (χ3v) is 17.1. The maximum Gasteiger partial charge on any atom is 0.586 e. The van der Waals surface area contributed by atoms with Gasteiger partial charge in [0.1, 0.15) is 36.5 Å². The molecule has 26 heteroatoms. The second-order valence-corrected chi connectivity index (χ2v) is 22.7. The van der Waals surface area contributed by atoms with E-state index in [1.165, 1.54) is 46.8 Å². The summed E-state index contributed by atoms with van der Waals surface area (Å²) in [4.78, 5) is 52.0. The number of aliphatic carboxylic acids is 1. The number of anilines is 1. The Morgan fingerprint density at radius 1 is 0.741 bits per heavy atom. The average Bonchev–Trinajstić information content (AvgIpc) is 2.57. The van der Waals surface area contributed by atoms with E-state index in [0.717, 1.165) is 10.5 Å². The molecule has 2 fully saturated rings. The number of benzene rings is 5. The minimum Gasteiger partial charge on any atom is -0.491 e. The molecule has 1 saturated heterocycles. The van der Waals surface area contributed by atoms with E-state index in [4.69, 9.17) is 33.5 Å². The molecule has 0 aromatic heterocycles. The van der Waals surface area contributed by atoms with Crippen molar-refractivity contribution in [3.63, 3.8) is 0 Å². The van der Waals surface area contributed by atoms with Crippen LogP contribution in [0.15, 0.2) is 108 Å². The van der Waals surface area contributed by atoms with E-state index in [-0.39, 0.29) is 77.4 Å². The third-order valence-electron chi connectivity index (χ3n) is 15.2. The lowest BCUT2D eigenvalue weighted by Crippen LogP contribution is -2.43. The van der Waals surface area contributed by atoms with Crippen molar-refractivity contribution in [3.8, 4) is 28.7 Å². The minimum atomic E-state index is -3.82. The fraction of sp³-hybridized carbons (Fsp3) is 0.424. The first-order chi connectivity index (χ1) is 40.9.